The first-order valence-electron chi connectivity index (χ1n) is 11.3. The molecule has 3 aromatic heterocycles. The Morgan fingerprint density at radius 3 is 2.71 bits per heavy atom. The number of piperidine rings is 1. The fourth-order valence-corrected chi connectivity index (χ4v) is 7.05. The molecule has 0 amide bonds. The van der Waals surface area contributed by atoms with Gasteiger partial charge in [0, 0.05) is 50.5 Å². The van der Waals surface area contributed by atoms with Crippen LogP contribution in [0, 0.1) is 5.92 Å². The number of anilines is 1. The van der Waals surface area contributed by atoms with Crippen LogP contribution in [0.3, 0.4) is 0 Å². The summed E-state index contributed by atoms with van der Waals surface area (Å²) < 4.78 is 66.3. The molecule has 2 aliphatic heterocycles. The smallest absolute Gasteiger partial charge is 0.356 e. The Balaban J connectivity index is 1.31. The van der Waals surface area contributed by atoms with Gasteiger partial charge in [-0.15, -0.1) is 11.3 Å². The van der Waals surface area contributed by atoms with Crippen molar-refractivity contribution in [1.29, 1.82) is 0 Å². The summed E-state index contributed by atoms with van der Waals surface area (Å²) in [5, 5.41) is 0.668. The van der Waals surface area contributed by atoms with Crippen molar-refractivity contribution in [3.05, 3.63) is 35.5 Å². The number of nitrogens with zero attached hydrogens (tertiary/aromatic N) is 7. The summed E-state index contributed by atoms with van der Waals surface area (Å²) in [6.07, 6.45) is 0.947. The fraction of sp³-hybridized carbons (Fsp3) is 0.571. The van der Waals surface area contributed by atoms with Crippen molar-refractivity contribution in [2.45, 2.75) is 38.0 Å². The van der Waals surface area contributed by atoms with Crippen LogP contribution in [0.2, 0.25) is 0 Å². The van der Waals surface area contributed by atoms with E-state index in [0.29, 0.717) is 40.9 Å². The lowest BCUT2D eigenvalue weighted by molar-refractivity contribution is -0.126. The first-order chi connectivity index (χ1) is 16.5. The summed E-state index contributed by atoms with van der Waals surface area (Å²) >= 11 is 1.06. The predicted octanol–water partition coefficient (Wildman–Crippen LogP) is 2.75. The number of hydrogen-bond acceptors (Lipinski definition) is 8. The molecule has 0 aromatic carbocycles. The highest BCUT2D eigenvalue weighted by atomic mass is 32.2. The first-order valence-corrected chi connectivity index (χ1v) is 13.5. The van der Waals surface area contributed by atoms with Crippen LogP contribution < -0.4 is 4.90 Å². The zero-order valence-corrected chi connectivity index (χ0v) is 20.9. The molecule has 2 atom stereocenters. The van der Waals surface area contributed by atoms with Gasteiger partial charge >= 0.3 is 16.4 Å². The number of fused-ring (bicyclic) bond motifs is 2. The minimum atomic E-state index is -4.26. The van der Waals surface area contributed by atoms with E-state index in [0.717, 1.165) is 41.6 Å². The van der Waals surface area contributed by atoms with Gasteiger partial charge in [-0.3, -0.25) is 4.90 Å². The molecule has 2 aliphatic rings. The fourth-order valence-electron chi connectivity index (χ4n) is 5.10. The van der Waals surface area contributed by atoms with Crippen LogP contribution in [0.15, 0.2) is 24.8 Å². The number of alkyl halides is 3. The van der Waals surface area contributed by atoms with Crippen LogP contribution in [0.4, 0.5) is 19.0 Å². The molecule has 3 aromatic rings. The Kier molecular flexibility index (Phi) is 6.26. The first kappa shape index (κ1) is 24.4. The van der Waals surface area contributed by atoms with E-state index >= 15 is 0 Å². The predicted molar refractivity (Wildman–Crippen MR) is 127 cm³/mol. The number of rotatable bonds is 6. The second-order valence-electron chi connectivity index (χ2n) is 9.17. The lowest BCUT2D eigenvalue weighted by Crippen LogP contribution is -2.46. The largest absolute Gasteiger partial charge is 0.393 e. The van der Waals surface area contributed by atoms with Gasteiger partial charge in [-0.1, -0.05) is 0 Å². The zero-order valence-electron chi connectivity index (χ0n) is 19.3. The van der Waals surface area contributed by atoms with Gasteiger partial charge in [0.25, 0.3) is 0 Å². The quantitative estimate of drug-likeness (QED) is 0.485. The van der Waals surface area contributed by atoms with Gasteiger partial charge in [0.05, 0.1) is 18.4 Å². The normalized spacial score (nSPS) is 21.8. The molecule has 0 radical (unpaired) electrons. The lowest BCUT2D eigenvalue weighted by Gasteiger charge is -2.38. The van der Waals surface area contributed by atoms with Crippen molar-refractivity contribution in [1.82, 2.24) is 28.1 Å². The Bertz CT molecular complexity index is 1320. The zero-order chi connectivity index (χ0) is 25.0. The highest BCUT2D eigenvalue weighted by molar-refractivity contribution is 7.87. The maximum Gasteiger partial charge on any atom is 0.393 e. The molecule has 0 bridgehead atoms. The van der Waals surface area contributed by atoms with Crippen molar-refractivity contribution < 1.29 is 21.6 Å². The van der Waals surface area contributed by atoms with Crippen LogP contribution in [0.25, 0.3) is 10.2 Å². The minimum Gasteiger partial charge on any atom is -0.356 e. The van der Waals surface area contributed by atoms with Gasteiger partial charge in [-0.25, -0.2) is 18.9 Å². The van der Waals surface area contributed by atoms with E-state index in [9.17, 15) is 21.6 Å². The summed E-state index contributed by atoms with van der Waals surface area (Å²) in [5.41, 5.74) is 0. The molecule has 0 spiro atoms. The molecule has 2 fully saturated rings. The number of aromatic nitrogens is 4. The highest BCUT2D eigenvalue weighted by Crippen LogP contribution is 2.38. The molecule has 14 heteroatoms. The SMILES string of the molecule is CN(C)S(=O)(=O)n1ccnc1CN1CCC2CN(c3ncnc4sc(CC(F)(F)F)cc34)CCC21. The minimum absolute atomic E-state index is 0.236. The second-order valence-corrected chi connectivity index (χ2v) is 12.3. The Morgan fingerprint density at radius 1 is 1.17 bits per heavy atom. The molecule has 9 nitrogen and oxygen atoms in total. The number of hydrogen-bond donors (Lipinski definition) is 0. The third kappa shape index (κ3) is 4.76. The maximum absolute atomic E-state index is 12.9. The standard InChI is InChI=1S/C21H26F3N7O2S2/c1-28(2)35(32,33)31-8-5-25-18(31)12-29-6-3-14-11-30(7-4-17(14)29)19-16-9-15(10-21(22,23)24)34-20(16)27-13-26-19/h5,8-9,13-14,17H,3-4,6-7,10-12H2,1-2H3. The average Bonchev–Trinajstić information content (AvgIpc) is 3.50. The van der Waals surface area contributed by atoms with Crippen molar-refractivity contribution in [2.75, 3.05) is 38.6 Å². The van der Waals surface area contributed by atoms with Crippen LogP contribution in [-0.4, -0.2) is 82.5 Å². The van der Waals surface area contributed by atoms with Crippen LogP contribution in [0.5, 0.6) is 0 Å². The summed E-state index contributed by atoms with van der Waals surface area (Å²) in [4.78, 5) is 18.2. The molecular weight excluding hydrogens is 503 g/mol. The molecule has 35 heavy (non-hydrogen) atoms. The van der Waals surface area contributed by atoms with E-state index < -0.39 is 22.8 Å². The van der Waals surface area contributed by atoms with Gasteiger partial charge in [0.1, 0.15) is 22.8 Å². The van der Waals surface area contributed by atoms with E-state index in [1.807, 2.05) is 0 Å². The Hall–Kier alpha value is -2.29. The molecule has 190 valence electrons. The number of thiophene rings is 1. The van der Waals surface area contributed by atoms with Gasteiger partial charge in [-0.2, -0.15) is 25.9 Å². The van der Waals surface area contributed by atoms with E-state index in [2.05, 4.69) is 24.8 Å². The molecule has 0 N–H and O–H groups in total. The second kappa shape index (κ2) is 8.98. The van der Waals surface area contributed by atoms with Crippen molar-refractivity contribution >= 4 is 37.6 Å². The Morgan fingerprint density at radius 2 is 1.97 bits per heavy atom. The Labute approximate surface area is 205 Å². The third-order valence-electron chi connectivity index (χ3n) is 6.72. The summed E-state index contributed by atoms with van der Waals surface area (Å²) in [7, 11) is -0.660. The highest BCUT2D eigenvalue weighted by Gasteiger charge is 2.40. The topological polar surface area (TPSA) is 87.5 Å². The average molecular weight is 530 g/mol. The monoisotopic (exact) mass is 529 g/mol. The van der Waals surface area contributed by atoms with E-state index in [-0.39, 0.29) is 10.9 Å². The van der Waals surface area contributed by atoms with Gasteiger partial charge in [-0.05, 0) is 31.4 Å². The number of halogens is 3. The van der Waals surface area contributed by atoms with Crippen LogP contribution in [-0.2, 0) is 23.2 Å². The lowest BCUT2D eigenvalue weighted by atomic mass is 9.92. The van der Waals surface area contributed by atoms with E-state index in [1.165, 1.54) is 36.8 Å². The van der Waals surface area contributed by atoms with Gasteiger partial charge in [0.2, 0.25) is 0 Å². The van der Waals surface area contributed by atoms with Gasteiger partial charge < -0.3 is 4.90 Å². The van der Waals surface area contributed by atoms with Crippen LogP contribution in [0.1, 0.15) is 23.5 Å². The number of imidazole rings is 1. The van der Waals surface area contributed by atoms with Crippen molar-refractivity contribution in [3.63, 3.8) is 0 Å². The van der Waals surface area contributed by atoms with E-state index in [1.54, 1.807) is 6.07 Å². The summed E-state index contributed by atoms with van der Waals surface area (Å²) in [6, 6.07) is 1.85. The molecular formula is C21H26F3N7O2S2. The van der Waals surface area contributed by atoms with Crippen LogP contribution >= 0.6 is 11.3 Å². The molecule has 0 saturated carbocycles. The number of likely N-dealkylation sites (tertiary alicyclic amines) is 1. The molecule has 5 heterocycles. The molecule has 2 saturated heterocycles. The maximum atomic E-state index is 12.9. The summed E-state index contributed by atoms with van der Waals surface area (Å²) in [6.45, 7) is 2.70. The van der Waals surface area contributed by atoms with Crippen molar-refractivity contribution in [3.8, 4) is 0 Å². The molecule has 5 rings (SSSR count). The summed E-state index contributed by atoms with van der Waals surface area (Å²) in [5.74, 6) is 1.51. The van der Waals surface area contributed by atoms with E-state index in [4.69, 9.17) is 0 Å². The van der Waals surface area contributed by atoms with Gasteiger partial charge in [0.15, 0.2) is 0 Å². The third-order valence-corrected chi connectivity index (χ3v) is 9.51. The molecule has 0 aliphatic carbocycles. The van der Waals surface area contributed by atoms with Crippen molar-refractivity contribution in [2.24, 2.45) is 5.92 Å². The molecule has 2 unspecified atom stereocenters.